The number of aliphatic hydroxyl groups excluding tert-OH is 1. The summed E-state index contributed by atoms with van der Waals surface area (Å²) in [6.07, 6.45) is 0.317. The number of ether oxygens (including phenoxy) is 1. The lowest BCUT2D eigenvalue weighted by Crippen LogP contribution is -2.48. The summed E-state index contributed by atoms with van der Waals surface area (Å²) >= 11 is 0. The molecular formula is C12H14FNO2. The molecule has 0 unspecified atom stereocenters. The first-order chi connectivity index (χ1) is 7.75. The van der Waals surface area contributed by atoms with Crippen LogP contribution in [0.15, 0.2) is 18.2 Å². The van der Waals surface area contributed by atoms with Crippen LogP contribution in [0.3, 0.4) is 0 Å². The van der Waals surface area contributed by atoms with Crippen molar-refractivity contribution in [3.8, 4) is 5.75 Å². The largest absolute Gasteiger partial charge is 0.488 e. The Bertz CT molecular complexity index is 410. The van der Waals surface area contributed by atoms with E-state index in [0.717, 1.165) is 19.5 Å². The summed E-state index contributed by atoms with van der Waals surface area (Å²) in [5.41, 5.74) is 0.713. The van der Waals surface area contributed by atoms with Crippen molar-refractivity contribution in [3.05, 3.63) is 29.6 Å². The molecule has 0 aromatic heterocycles. The molecule has 3 rings (SSSR count). The van der Waals surface area contributed by atoms with Crippen LogP contribution in [0.4, 0.5) is 4.39 Å². The number of rotatable bonds is 0. The van der Waals surface area contributed by atoms with Gasteiger partial charge in [0.1, 0.15) is 17.7 Å². The summed E-state index contributed by atoms with van der Waals surface area (Å²) in [6.45, 7) is 1.62. The Labute approximate surface area is 93.2 Å². The first-order valence-corrected chi connectivity index (χ1v) is 5.60. The van der Waals surface area contributed by atoms with Crippen LogP contribution in [0.1, 0.15) is 18.1 Å². The van der Waals surface area contributed by atoms with Gasteiger partial charge in [-0.25, -0.2) is 4.39 Å². The summed E-state index contributed by atoms with van der Waals surface area (Å²) in [4.78, 5) is 0. The van der Waals surface area contributed by atoms with E-state index in [1.165, 1.54) is 12.1 Å². The quantitative estimate of drug-likeness (QED) is 0.695. The standard InChI is InChI=1S/C12H14FNO2/c13-7-1-2-8-10(5-7)16-11-6-14-4-3-9(11)12(8)15/h1-2,5,9,11-12,14-15H,3-4,6H2/t9-,11+,12+/m0/s1. The van der Waals surface area contributed by atoms with E-state index in [9.17, 15) is 9.50 Å². The smallest absolute Gasteiger partial charge is 0.128 e. The van der Waals surface area contributed by atoms with Crippen molar-refractivity contribution in [2.45, 2.75) is 18.6 Å². The maximum atomic E-state index is 13.1. The van der Waals surface area contributed by atoms with Crippen LogP contribution < -0.4 is 10.1 Å². The van der Waals surface area contributed by atoms with Crippen molar-refractivity contribution in [2.75, 3.05) is 13.1 Å². The van der Waals surface area contributed by atoms with Gasteiger partial charge in [0.15, 0.2) is 0 Å². The van der Waals surface area contributed by atoms with Crippen molar-refractivity contribution >= 4 is 0 Å². The molecule has 0 spiro atoms. The average molecular weight is 223 g/mol. The zero-order valence-corrected chi connectivity index (χ0v) is 8.82. The predicted octanol–water partition coefficient (Wildman–Crippen LogP) is 1.23. The van der Waals surface area contributed by atoms with Crippen molar-refractivity contribution in [2.24, 2.45) is 5.92 Å². The second kappa shape index (κ2) is 3.71. The van der Waals surface area contributed by atoms with E-state index in [2.05, 4.69) is 5.32 Å². The minimum absolute atomic E-state index is 0.0435. The van der Waals surface area contributed by atoms with Gasteiger partial charge in [0, 0.05) is 24.1 Å². The SMILES string of the molecule is O[C@@H]1c2ccc(F)cc2O[C@@H]2CNCC[C@H]12. The highest BCUT2D eigenvalue weighted by Gasteiger charge is 2.38. The lowest BCUT2D eigenvalue weighted by molar-refractivity contribution is -0.0161. The zero-order valence-electron chi connectivity index (χ0n) is 8.82. The molecule has 2 N–H and O–H groups in total. The highest BCUT2D eigenvalue weighted by Crippen LogP contribution is 2.40. The highest BCUT2D eigenvalue weighted by molar-refractivity contribution is 5.38. The van der Waals surface area contributed by atoms with Crippen LogP contribution in [-0.4, -0.2) is 24.3 Å². The molecule has 3 nitrogen and oxygen atoms in total. The molecule has 0 saturated carbocycles. The van der Waals surface area contributed by atoms with E-state index in [-0.39, 0.29) is 17.8 Å². The van der Waals surface area contributed by atoms with Gasteiger partial charge in [-0.3, -0.25) is 0 Å². The second-order valence-electron chi connectivity index (χ2n) is 4.44. The summed E-state index contributed by atoms with van der Waals surface area (Å²) in [5, 5.41) is 13.4. The summed E-state index contributed by atoms with van der Waals surface area (Å²) in [5.74, 6) is 0.282. The lowest BCUT2D eigenvalue weighted by Gasteiger charge is -2.40. The van der Waals surface area contributed by atoms with Crippen molar-refractivity contribution in [3.63, 3.8) is 0 Å². The Morgan fingerprint density at radius 2 is 2.31 bits per heavy atom. The fourth-order valence-electron chi connectivity index (χ4n) is 2.59. The fourth-order valence-corrected chi connectivity index (χ4v) is 2.59. The molecule has 16 heavy (non-hydrogen) atoms. The van der Waals surface area contributed by atoms with Crippen LogP contribution in [0.2, 0.25) is 0 Å². The van der Waals surface area contributed by atoms with Gasteiger partial charge in [0.2, 0.25) is 0 Å². The number of nitrogens with one attached hydrogen (secondary N) is 1. The van der Waals surface area contributed by atoms with E-state index in [1.54, 1.807) is 6.07 Å². The molecule has 1 aromatic rings. The number of aliphatic hydroxyl groups is 1. The third-order valence-corrected chi connectivity index (χ3v) is 3.46. The number of fused-ring (bicyclic) bond motifs is 2. The Hall–Kier alpha value is -1.13. The number of hydrogen-bond acceptors (Lipinski definition) is 3. The van der Waals surface area contributed by atoms with Gasteiger partial charge in [-0.1, -0.05) is 0 Å². The Balaban J connectivity index is 1.99. The predicted molar refractivity (Wildman–Crippen MR) is 56.8 cm³/mol. The highest BCUT2D eigenvalue weighted by atomic mass is 19.1. The van der Waals surface area contributed by atoms with Crippen LogP contribution >= 0.6 is 0 Å². The van der Waals surface area contributed by atoms with Gasteiger partial charge in [-0.05, 0) is 25.1 Å². The first kappa shape index (κ1) is 10.1. The molecule has 2 aliphatic heterocycles. The molecule has 0 bridgehead atoms. The molecule has 1 saturated heterocycles. The van der Waals surface area contributed by atoms with Gasteiger partial charge in [-0.15, -0.1) is 0 Å². The first-order valence-electron chi connectivity index (χ1n) is 5.60. The zero-order chi connectivity index (χ0) is 11.1. The molecule has 2 heterocycles. The van der Waals surface area contributed by atoms with Gasteiger partial charge in [0.25, 0.3) is 0 Å². The number of halogens is 1. The molecule has 2 aliphatic rings. The van der Waals surface area contributed by atoms with Crippen LogP contribution in [0.25, 0.3) is 0 Å². The Morgan fingerprint density at radius 1 is 1.44 bits per heavy atom. The maximum absolute atomic E-state index is 13.1. The molecule has 4 heteroatoms. The van der Waals surface area contributed by atoms with Gasteiger partial charge in [-0.2, -0.15) is 0 Å². The van der Waals surface area contributed by atoms with E-state index >= 15 is 0 Å². The van der Waals surface area contributed by atoms with Gasteiger partial charge >= 0.3 is 0 Å². The number of benzene rings is 1. The number of piperidine rings is 1. The lowest BCUT2D eigenvalue weighted by atomic mass is 9.83. The molecular weight excluding hydrogens is 209 g/mol. The Kier molecular flexibility index (Phi) is 2.33. The molecule has 86 valence electrons. The topological polar surface area (TPSA) is 41.5 Å². The van der Waals surface area contributed by atoms with Crippen LogP contribution in [-0.2, 0) is 0 Å². The summed E-state index contributed by atoms with van der Waals surface area (Å²) in [7, 11) is 0. The summed E-state index contributed by atoms with van der Waals surface area (Å²) < 4.78 is 18.8. The van der Waals surface area contributed by atoms with E-state index in [0.29, 0.717) is 11.3 Å². The minimum Gasteiger partial charge on any atom is -0.488 e. The normalized spacial score (nSPS) is 32.5. The van der Waals surface area contributed by atoms with Crippen molar-refractivity contribution < 1.29 is 14.2 Å². The molecule has 0 amide bonds. The second-order valence-corrected chi connectivity index (χ2v) is 4.44. The van der Waals surface area contributed by atoms with E-state index < -0.39 is 6.10 Å². The summed E-state index contributed by atoms with van der Waals surface area (Å²) in [6, 6.07) is 4.34. The molecule has 0 radical (unpaired) electrons. The molecule has 1 aromatic carbocycles. The molecule has 0 aliphatic carbocycles. The Morgan fingerprint density at radius 3 is 3.19 bits per heavy atom. The van der Waals surface area contributed by atoms with Gasteiger partial charge < -0.3 is 15.2 Å². The molecule has 1 fully saturated rings. The monoisotopic (exact) mass is 223 g/mol. The van der Waals surface area contributed by atoms with E-state index in [1.807, 2.05) is 0 Å². The van der Waals surface area contributed by atoms with Crippen molar-refractivity contribution in [1.29, 1.82) is 0 Å². The minimum atomic E-state index is -0.531. The maximum Gasteiger partial charge on any atom is 0.128 e. The average Bonchev–Trinajstić information content (AvgIpc) is 2.29. The number of hydrogen-bond donors (Lipinski definition) is 2. The molecule has 3 atom stereocenters. The fraction of sp³-hybridized carbons (Fsp3) is 0.500. The third-order valence-electron chi connectivity index (χ3n) is 3.46. The van der Waals surface area contributed by atoms with Gasteiger partial charge in [0.05, 0.1) is 6.10 Å². The van der Waals surface area contributed by atoms with Crippen molar-refractivity contribution in [1.82, 2.24) is 5.32 Å². The van der Waals surface area contributed by atoms with Crippen LogP contribution in [0, 0.1) is 11.7 Å². The van der Waals surface area contributed by atoms with Crippen LogP contribution in [0.5, 0.6) is 5.75 Å². The van der Waals surface area contributed by atoms with E-state index in [4.69, 9.17) is 4.74 Å². The third kappa shape index (κ3) is 1.49.